The maximum atomic E-state index is 13.5. The summed E-state index contributed by atoms with van der Waals surface area (Å²) >= 11 is 0. The fraction of sp³-hybridized carbons (Fsp3) is 0.763. The quantitative estimate of drug-likeness (QED) is 0.0156. The number of phosphoric acid groups is 1. The van der Waals surface area contributed by atoms with E-state index in [0.717, 1.165) is 96.3 Å². The van der Waals surface area contributed by atoms with Gasteiger partial charge in [-0.15, -0.1) is 0 Å². The Morgan fingerprint density at radius 1 is 0.522 bits per heavy atom. The van der Waals surface area contributed by atoms with Crippen molar-refractivity contribution in [3.8, 4) is 0 Å². The van der Waals surface area contributed by atoms with Gasteiger partial charge >= 0.3 is 13.8 Å². The van der Waals surface area contributed by atoms with Crippen LogP contribution in [0.1, 0.15) is 239 Å². The van der Waals surface area contributed by atoms with Crippen LogP contribution < -0.4 is 5.32 Å². The van der Waals surface area contributed by atoms with Crippen molar-refractivity contribution in [2.45, 2.75) is 251 Å². The van der Waals surface area contributed by atoms with Gasteiger partial charge in [-0.25, -0.2) is 4.57 Å². The maximum absolute atomic E-state index is 13.5. The van der Waals surface area contributed by atoms with Crippen molar-refractivity contribution in [1.82, 2.24) is 5.32 Å². The number of unbranched alkanes of at least 4 members (excludes halogenated alkanes) is 27. The third kappa shape index (κ3) is 50.2. The van der Waals surface area contributed by atoms with Crippen molar-refractivity contribution in [2.75, 3.05) is 40.9 Å². The van der Waals surface area contributed by atoms with Crippen molar-refractivity contribution in [3.05, 3.63) is 72.9 Å². The van der Waals surface area contributed by atoms with Crippen LogP contribution in [0.4, 0.5) is 0 Å². The van der Waals surface area contributed by atoms with E-state index in [0.29, 0.717) is 17.4 Å². The number of likely N-dealkylation sites (N-methyl/N-ethyl adjacent to an activating group) is 1. The molecule has 0 rings (SSSR count). The molecule has 0 saturated carbocycles. The second-order valence-electron chi connectivity index (χ2n) is 20.2. The fourth-order valence-corrected chi connectivity index (χ4v) is 8.55. The summed E-state index contributed by atoms with van der Waals surface area (Å²) in [5.74, 6) is -0.534. The molecule has 1 amide bonds. The number of quaternary nitrogens is 1. The number of rotatable bonds is 50. The van der Waals surface area contributed by atoms with Gasteiger partial charge in [0.1, 0.15) is 19.3 Å². The normalized spacial score (nSPS) is 14.4. The van der Waals surface area contributed by atoms with Crippen LogP contribution in [0.15, 0.2) is 72.9 Å². The first-order valence-electron chi connectivity index (χ1n) is 28.3. The lowest BCUT2D eigenvalue weighted by molar-refractivity contribution is -0.870. The highest BCUT2D eigenvalue weighted by Gasteiger charge is 2.30. The lowest BCUT2D eigenvalue weighted by Crippen LogP contribution is -2.47. The van der Waals surface area contributed by atoms with E-state index in [9.17, 15) is 19.0 Å². The van der Waals surface area contributed by atoms with E-state index in [1.807, 2.05) is 33.3 Å². The van der Waals surface area contributed by atoms with Crippen LogP contribution in [0.3, 0.4) is 0 Å². The highest BCUT2D eigenvalue weighted by Crippen LogP contribution is 2.43. The minimum absolute atomic E-state index is 0.0331. The Balaban J connectivity index is 5.43. The molecule has 0 saturated heterocycles. The molecule has 0 heterocycles. The summed E-state index contributed by atoms with van der Waals surface area (Å²) < 4.78 is 30.6. The molecule has 0 fully saturated rings. The lowest BCUT2D eigenvalue weighted by Gasteiger charge is -2.27. The third-order valence-electron chi connectivity index (χ3n) is 12.2. The van der Waals surface area contributed by atoms with Crippen LogP contribution in [0.2, 0.25) is 0 Å². The van der Waals surface area contributed by atoms with Gasteiger partial charge in [-0.1, -0.05) is 222 Å². The van der Waals surface area contributed by atoms with Gasteiger partial charge in [-0.3, -0.25) is 18.6 Å². The Kier molecular flexibility index (Phi) is 47.2. The van der Waals surface area contributed by atoms with E-state index < -0.39 is 20.0 Å². The first-order valence-corrected chi connectivity index (χ1v) is 29.8. The van der Waals surface area contributed by atoms with Gasteiger partial charge < -0.3 is 19.4 Å². The SMILES string of the molecule is CC/C=C/C=C/C=C/CCCCCCCCCC(=O)NC(COP(=O)(O)OCC[N+](C)(C)C)C(/C=C/CCCCCCCCCCCCC)OC(=O)CCCCCCCC/C=C/C=C/CCCCC. The number of phosphoric ester groups is 1. The second-order valence-corrected chi connectivity index (χ2v) is 21.6. The van der Waals surface area contributed by atoms with Crippen molar-refractivity contribution < 1.29 is 37.3 Å². The Bertz CT molecular complexity index is 1420. The van der Waals surface area contributed by atoms with Crippen LogP contribution in [0.5, 0.6) is 0 Å². The molecule has 0 aliphatic heterocycles. The summed E-state index contributed by atoms with van der Waals surface area (Å²) in [7, 11) is 1.47. The number of nitrogens with one attached hydrogen (secondary N) is 1. The third-order valence-corrected chi connectivity index (χ3v) is 13.2. The second kappa shape index (κ2) is 49.0. The van der Waals surface area contributed by atoms with E-state index in [1.54, 1.807) is 0 Å². The van der Waals surface area contributed by atoms with E-state index >= 15 is 0 Å². The maximum Gasteiger partial charge on any atom is 0.472 e. The molecule has 400 valence electrons. The predicted octanol–water partition coefficient (Wildman–Crippen LogP) is 16.9. The van der Waals surface area contributed by atoms with E-state index in [4.69, 9.17) is 13.8 Å². The Labute approximate surface area is 425 Å². The summed E-state index contributed by atoms with van der Waals surface area (Å²) in [6, 6.07) is -0.861. The monoisotopic (exact) mass is 988 g/mol. The zero-order valence-electron chi connectivity index (χ0n) is 45.5. The summed E-state index contributed by atoms with van der Waals surface area (Å²) in [6.45, 7) is 6.83. The molecule has 0 aromatic heterocycles. The Hall–Kier alpha value is -2.55. The molecule has 0 aliphatic rings. The lowest BCUT2D eigenvalue weighted by atomic mass is 10.0. The molecule has 0 aromatic carbocycles. The molecule has 3 unspecified atom stereocenters. The number of carbonyl (C=O) groups is 2. The molecule has 10 heteroatoms. The average molecular weight is 988 g/mol. The molecule has 0 spiro atoms. The van der Waals surface area contributed by atoms with Gasteiger partial charge in [0.05, 0.1) is 33.8 Å². The van der Waals surface area contributed by atoms with Gasteiger partial charge in [0.2, 0.25) is 5.91 Å². The summed E-state index contributed by atoms with van der Waals surface area (Å²) in [4.78, 5) is 37.6. The van der Waals surface area contributed by atoms with Crippen molar-refractivity contribution in [3.63, 3.8) is 0 Å². The van der Waals surface area contributed by atoms with Crippen LogP contribution in [0, 0.1) is 0 Å². The average Bonchev–Trinajstić information content (AvgIpc) is 3.31. The van der Waals surface area contributed by atoms with Crippen molar-refractivity contribution >= 4 is 19.7 Å². The molecule has 0 radical (unpaired) electrons. The van der Waals surface area contributed by atoms with Crippen LogP contribution in [0.25, 0.3) is 0 Å². The molecule has 9 nitrogen and oxygen atoms in total. The number of carbonyl (C=O) groups excluding carboxylic acids is 2. The Morgan fingerprint density at radius 2 is 0.928 bits per heavy atom. The number of esters is 1. The zero-order chi connectivity index (χ0) is 50.8. The molecular weight excluding hydrogens is 880 g/mol. The van der Waals surface area contributed by atoms with Gasteiger partial charge in [0.25, 0.3) is 0 Å². The molecule has 0 bridgehead atoms. The highest BCUT2D eigenvalue weighted by molar-refractivity contribution is 7.47. The van der Waals surface area contributed by atoms with Gasteiger partial charge in [0, 0.05) is 12.8 Å². The number of ether oxygens (including phenoxy) is 1. The van der Waals surface area contributed by atoms with E-state index in [2.05, 4.69) is 86.8 Å². The summed E-state index contributed by atoms with van der Waals surface area (Å²) in [6.07, 6.45) is 61.7. The molecular formula is C59H108N2O7P+. The standard InChI is InChI=1S/C59H107N2O7P/c1-7-10-13-16-19-22-25-28-30-33-36-39-42-45-48-51-58(62)60-56(55-67-69(64,65)66-54-53-61(4,5)6)57(50-47-44-41-38-35-32-27-24-21-18-15-12-9-3)68-59(63)52-49-46-43-40-37-34-31-29-26-23-20-17-14-11-8-2/h10,13,16,19-20,22-23,25-26,29,47,50,56-57H,7-9,11-12,14-15,17-18,21,24,27-28,30-46,48-49,51-55H2,1-6H3,(H-,60,62,64,65)/p+1/b13-10+,19-16+,23-20+,25-22+,29-26+,50-47+. The van der Waals surface area contributed by atoms with Gasteiger partial charge in [0.15, 0.2) is 0 Å². The molecule has 2 N–H and O–H groups in total. The van der Waals surface area contributed by atoms with Crippen molar-refractivity contribution in [1.29, 1.82) is 0 Å². The van der Waals surface area contributed by atoms with Gasteiger partial charge in [-0.05, 0) is 76.7 Å². The number of hydrogen-bond acceptors (Lipinski definition) is 6. The number of hydrogen-bond donors (Lipinski definition) is 2. The van der Waals surface area contributed by atoms with Gasteiger partial charge in [-0.2, -0.15) is 0 Å². The van der Waals surface area contributed by atoms with Crippen LogP contribution >= 0.6 is 7.82 Å². The number of nitrogens with zero attached hydrogens (tertiary/aromatic N) is 1. The molecule has 0 aliphatic carbocycles. The smallest absolute Gasteiger partial charge is 0.456 e. The molecule has 3 atom stereocenters. The topological polar surface area (TPSA) is 111 Å². The first kappa shape index (κ1) is 66.5. The fourth-order valence-electron chi connectivity index (χ4n) is 7.81. The predicted molar refractivity (Wildman–Crippen MR) is 295 cm³/mol. The minimum Gasteiger partial charge on any atom is -0.456 e. The first-order chi connectivity index (χ1) is 33.4. The largest absolute Gasteiger partial charge is 0.472 e. The Morgan fingerprint density at radius 3 is 1.42 bits per heavy atom. The van der Waals surface area contributed by atoms with Crippen LogP contribution in [-0.4, -0.2) is 74.3 Å². The number of allylic oxidation sites excluding steroid dienone is 11. The van der Waals surface area contributed by atoms with Crippen LogP contribution in [-0.2, 0) is 27.9 Å². The zero-order valence-corrected chi connectivity index (χ0v) is 46.4. The summed E-state index contributed by atoms with van der Waals surface area (Å²) in [5.41, 5.74) is 0. The summed E-state index contributed by atoms with van der Waals surface area (Å²) in [5, 5.41) is 3.04. The highest BCUT2D eigenvalue weighted by atomic mass is 31.2. The minimum atomic E-state index is -4.45. The molecule has 0 aromatic rings. The molecule has 69 heavy (non-hydrogen) atoms. The van der Waals surface area contributed by atoms with E-state index in [1.165, 1.54) is 109 Å². The number of amides is 1. The van der Waals surface area contributed by atoms with Crippen molar-refractivity contribution in [2.24, 2.45) is 0 Å². The van der Waals surface area contributed by atoms with E-state index in [-0.39, 0.29) is 31.5 Å².